The van der Waals surface area contributed by atoms with E-state index in [9.17, 15) is 4.79 Å². The second kappa shape index (κ2) is 9.59. The summed E-state index contributed by atoms with van der Waals surface area (Å²) in [5, 5.41) is 3.14. The number of hydrogen-bond donors (Lipinski definition) is 1. The van der Waals surface area contributed by atoms with E-state index in [0.717, 1.165) is 46.8 Å². The van der Waals surface area contributed by atoms with Crippen molar-refractivity contribution in [3.63, 3.8) is 0 Å². The van der Waals surface area contributed by atoms with E-state index in [4.69, 9.17) is 9.72 Å². The van der Waals surface area contributed by atoms with E-state index in [2.05, 4.69) is 28.0 Å². The number of piperidine rings is 1. The number of fused-ring (bicyclic) bond motifs is 1. The summed E-state index contributed by atoms with van der Waals surface area (Å²) < 4.78 is 7.62. The number of urea groups is 1. The van der Waals surface area contributed by atoms with Gasteiger partial charge >= 0.3 is 6.03 Å². The Hall–Kier alpha value is -3.80. The van der Waals surface area contributed by atoms with Crippen molar-refractivity contribution in [3.8, 4) is 17.0 Å². The summed E-state index contributed by atoms with van der Waals surface area (Å²) in [7, 11) is 1.68. The lowest BCUT2D eigenvalue weighted by Gasteiger charge is -2.32. The topological polar surface area (TPSA) is 58.9 Å². The van der Waals surface area contributed by atoms with Crippen LogP contribution in [0.15, 0.2) is 79.0 Å². The molecule has 1 aliphatic heterocycles. The molecule has 6 nitrogen and oxygen atoms in total. The molecule has 0 spiro atoms. The van der Waals surface area contributed by atoms with Crippen LogP contribution in [0.4, 0.5) is 4.79 Å². The fourth-order valence-corrected chi connectivity index (χ4v) is 4.77. The third-order valence-corrected chi connectivity index (χ3v) is 6.71. The van der Waals surface area contributed by atoms with E-state index in [0.29, 0.717) is 19.0 Å². The van der Waals surface area contributed by atoms with Crippen molar-refractivity contribution in [2.45, 2.75) is 31.7 Å². The highest BCUT2D eigenvalue weighted by molar-refractivity contribution is 5.78. The van der Waals surface area contributed by atoms with Gasteiger partial charge < -0.3 is 19.4 Å². The molecular formula is C28H30N4O2. The van der Waals surface area contributed by atoms with Gasteiger partial charge in [0.05, 0.1) is 24.4 Å². The second-order valence-electron chi connectivity index (χ2n) is 8.85. The third kappa shape index (κ3) is 4.36. The number of rotatable bonds is 5. The molecule has 3 heterocycles. The fraction of sp³-hybridized carbons (Fsp3) is 0.286. The molecule has 0 unspecified atom stereocenters. The number of amides is 2. The van der Waals surface area contributed by atoms with Crippen molar-refractivity contribution in [2.24, 2.45) is 0 Å². The summed E-state index contributed by atoms with van der Waals surface area (Å²) in [6.07, 6.45) is 3.86. The number of methoxy groups -OCH3 is 1. The first-order valence-electron chi connectivity index (χ1n) is 11.9. The van der Waals surface area contributed by atoms with Gasteiger partial charge in [0, 0.05) is 30.8 Å². The number of likely N-dealkylation sites (tertiary alicyclic amines) is 1. The van der Waals surface area contributed by atoms with E-state index in [1.54, 1.807) is 7.11 Å². The molecule has 34 heavy (non-hydrogen) atoms. The minimum absolute atomic E-state index is 0.000140. The first-order valence-corrected chi connectivity index (χ1v) is 11.9. The molecule has 4 aromatic rings. The zero-order valence-electron chi connectivity index (χ0n) is 19.6. The van der Waals surface area contributed by atoms with Crippen LogP contribution in [-0.2, 0) is 0 Å². The predicted molar refractivity (Wildman–Crippen MR) is 134 cm³/mol. The number of nitrogens with zero attached hydrogens (tertiary/aromatic N) is 3. The second-order valence-corrected chi connectivity index (χ2v) is 8.85. The van der Waals surface area contributed by atoms with Crippen LogP contribution in [0.25, 0.3) is 16.8 Å². The first-order chi connectivity index (χ1) is 16.6. The van der Waals surface area contributed by atoms with Gasteiger partial charge in [-0.15, -0.1) is 0 Å². The highest BCUT2D eigenvalue weighted by Crippen LogP contribution is 2.33. The smallest absolute Gasteiger partial charge is 0.317 e. The van der Waals surface area contributed by atoms with E-state index < -0.39 is 0 Å². The number of benzene rings is 2. The van der Waals surface area contributed by atoms with Crippen molar-refractivity contribution in [3.05, 3.63) is 90.4 Å². The SMILES string of the molecule is COc1cccc(-c2nc(C3CCN(C(=O)N[C@@H](C)c4ccccc4)CC3)n3ccccc23)c1. The van der Waals surface area contributed by atoms with Crippen molar-refractivity contribution in [1.82, 2.24) is 19.6 Å². The number of carbonyl (C=O) groups excluding carboxylic acids is 1. The molecule has 1 N–H and O–H groups in total. The number of imidazole rings is 1. The van der Waals surface area contributed by atoms with Gasteiger partial charge in [0.1, 0.15) is 11.6 Å². The molecule has 1 atom stereocenters. The third-order valence-electron chi connectivity index (χ3n) is 6.71. The fourth-order valence-electron chi connectivity index (χ4n) is 4.77. The average Bonchev–Trinajstić information content (AvgIpc) is 3.29. The van der Waals surface area contributed by atoms with Crippen LogP contribution < -0.4 is 10.1 Å². The van der Waals surface area contributed by atoms with Gasteiger partial charge in [-0.25, -0.2) is 9.78 Å². The lowest BCUT2D eigenvalue weighted by Crippen LogP contribution is -2.45. The zero-order valence-corrected chi connectivity index (χ0v) is 19.6. The van der Waals surface area contributed by atoms with Crippen LogP contribution >= 0.6 is 0 Å². The van der Waals surface area contributed by atoms with Crippen LogP contribution in [0, 0.1) is 0 Å². The number of pyridine rings is 1. The van der Waals surface area contributed by atoms with Gasteiger partial charge in [-0.3, -0.25) is 0 Å². The molecule has 5 rings (SSSR count). The quantitative estimate of drug-likeness (QED) is 0.423. The van der Waals surface area contributed by atoms with Gasteiger partial charge in [0.2, 0.25) is 0 Å². The minimum Gasteiger partial charge on any atom is -0.497 e. The van der Waals surface area contributed by atoms with Gasteiger partial charge in [-0.1, -0.05) is 48.5 Å². The monoisotopic (exact) mass is 454 g/mol. The highest BCUT2D eigenvalue weighted by atomic mass is 16.5. The summed E-state index contributed by atoms with van der Waals surface area (Å²) >= 11 is 0. The van der Waals surface area contributed by atoms with E-state index in [1.165, 1.54) is 0 Å². The van der Waals surface area contributed by atoms with Crippen LogP contribution in [0.2, 0.25) is 0 Å². The Morgan fingerprint density at radius 3 is 2.56 bits per heavy atom. The minimum atomic E-state index is -0.0203. The Morgan fingerprint density at radius 1 is 1.03 bits per heavy atom. The molecular weight excluding hydrogens is 424 g/mol. The van der Waals surface area contributed by atoms with Gasteiger partial charge in [0.25, 0.3) is 0 Å². The van der Waals surface area contributed by atoms with Crippen LogP contribution in [0.1, 0.15) is 43.1 Å². The largest absolute Gasteiger partial charge is 0.497 e. The van der Waals surface area contributed by atoms with E-state index in [1.807, 2.05) is 72.5 Å². The molecule has 1 aliphatic rings. The molecule has 0 saturated carbocycles. The number of carbonyl (C=O) groups is 1. The molecule has 174 valence electrons. The molecule has 2 aromatic heterocycles. The molecule has 1 saturated heterocycles. The Morgan fingerprint density at radius 2 is 1.79 bits per heavy atom. The summed E-state index contributed by atoms with van der Waals surface area (Å²) in [6.45, 7) is 3.46. The Kier molecular flexibility index (Phi) is 6.21. The number of nitrogens with one attached hydrogen (secondary N) is 1. The Bertz CT molecular complexity index is 1280. The van der Waals surface area contributed by atoms with Crippen LogP contribution in [0.5, 0.6) is 5.75 Å². The maximum Gasteiger partial charge on any atom is 0.317 e. The number of aromatic nitrogens is 2. The molecule has 0 bridgehead atoms. The lowest BCUT2D eigenvalue weighted by molar-refractivity contribution is 0.177. The van der Waals surface area contributed by atoms with Crippen molar-refractivity contribution in [2.75, 3.05) is 20.2 Å². The van der Waals surface area contributed by atoms with Crippen molar-refractivity contribution >= 4 is 11.5 Å². The van der Waals surface area contributed by atoms with E-state index in [-0.39, 0.29) is 12.1 Å². The highest BCUT2D eigenvalue weighted by Gasteiger charge is 2.28. The van der Waals surface area contributed by atoms with Crippen LogP contribution in [-0.4, -0.2) is 40.5 Å². The average molecular weight is 455 g/mol. The molecule has 2 aromatic carbocycles. The summed E-state index contributed by atoms with van der Waals surface area (Å²) in [4.78, 5) is 19.9. The molecule has 1 fully saturated rings. The predicted octanol–water partition coefficient (Wildman–Crippen LogP) is 5.66. The molecule has 0 radical (unpaired) electrons. The molecule has 2 amide bonds. The first kappa shape index (κ1) is 22.0. The summed E-state index contributed by atoms with van der Waals surface area (Å²) in [6, 6.07) is 24.3. The Labute approximate surface area is 200 Å². The molecule has 6 heteroatoms. The number of hydrogen-bond acceptors (Lipinski definition) is 3. The number of ether oxygens (including phenoxy) is 1. The lowest BCUT2D eigenvalue weighted by atomic mass is 9.96. The van der Waals surface area contributed by atoms with Crippen LogP contribution in [0.3, 0.4) is 0 Å². The van der Waals surface area contributed by atoms with Gasteiger partial charge in [-0.05, 0) is 49.6 Å². The normalized spacial score (nSPS) is 15.3. The maximum absolute atomic E-state index is 12.9. The van der Waals surface area contributed by atoms with Crippen molar-refractivity contribution in [1.29, 1.82) is 0 Å². The summed E-state index contributed by atoms with van der Waals surface area (Å²) in [5.41, 5.74) is 4.20. The standard InChI is InChI=1S/C28H30N4O2/c1-20(21-9-4-3-5-10-21)29-28(33)31-17-14-22(15-18-31)27-30-26(25-13-6-7-16-32(25)27)23-11-8-12-24(19-23)34-2/h3-13,16,19-20,22H,14-15,17-18H2,1-2H3,(H,29,33)/t20-/m0/s1. The van der Waals surface area contributed by atoms with E-state index >= 15 is 0 Å². The maximum atomic E-state index is 12.9. The van der Waals surface area contributed by atoms with Gasteiger partial charge in [0.15, 0.2) is 0 Å². The van der Waals surface area contributed by atoms with Gasteiger partial charge in [-0.2, -0.15) is 0 Å². The Balaban J connectivity index is 1.32. The summed E-state index contributed by atoms with van der Waals surface area (Å²) in [5.74, 6) is 2.18. The van der Waals surface area contributed by atoms with Crippen molar-refractivity contribution < 1.29 is 9.53 Å². The zero-order chi connectivity index (χ0) is 23.5. The molecule has 0 aliphatic carbocycles.